The predicted molar refractivity (Wildman–Crippen MR) is 186 cm³/mol. The summed E-state index contributed by atoms with van der Waals surface area (Å²) in [6, 6.07) is 25.9. The third-order valence-electron chi connectivity index (χ3n) is 7.32. The topological polar surface area (TPSA) is 86.8 Å². The van der Waals surface area contributed by atoms with Crippen LogP contribution < -0.4 is 9.62 Å². The fraction of sp³-hybridized carbons (Fsp3) is 0.257. The van der Waals surface area contributed by atoms with Crippen molar-refractivity contribution < 1.29 is 18.0 Å². The number of carbonyl (C=O) groups is 2. The summed E-state index contributed by atoms with van der Waals surface area (Å²) < 4.78 is 29.3. The van der Waals surface area contributed by atoms with E-state index in [1.165, 1.54) is 29.2 Å². The molecule has 2 amide bonds. The molecule has 46 heavy (non-hydrogen) atoms. The van der Waals surface area contributed by atoms with Crippen molar-refractivity contribution in [3.63, 3.8) is 0 Å². The van der Waals surface area contributed by atoms with Crippen LogP contribution in [0.15, 0.2) is 102 Å². The molecule has 7 nitrogen and oxygen atoms in total. The van der Waals surface area contributed by atoms with Crippen molar-refractivity contribution in [2.45, 2.75) is 44.7 Å². The fourth-order valence-corrected chi connectivity index (χ4v) is 6.92. The quantitative estimate of drug-likeness (QED) is 0.156. The SMILES string of the molecule is Cc1cccc(N(CC(=O)N(Cc2c(Cl)cccc2Cl)C(Cc2ccccc2)C(=O)NCC(C)C)S(=O)(=O)c2ccc(Cl)cc2)c1. The highest BCUT2D eigenvalue weighted by atomic mass is 35.5. The molecule has 1 N–H and O–H groups in total. The Bertz CT molecular complexity index is 1750. The zero-order valence-corrected chi connectivity index (χ0v) is 28.9. The molecule has 4 aromatic carbocycles. The number of anilines is 1. The van der Waals surface area contributed by atoms with E-state index < -0.39 is 28.5 Å². The summed E-state index contributed by atoms with van der Waals surface area (Å²) in [7, 11) is -4.26. The molecule has 1 atom stereocenters. The highest BCUT2D eigenvalue weighted by molar-refractivity contribution is 7.92. The van der Waals surface area contributed by atoms with Crippen LogP contribution in [0.5, 0.6) is 0 Å². The van der Waals surface area contributed by atoms with Gasteiger partial charge in [0.15, 0.2) is 0 Å². The van der Waals surface area contributed by atoms with Crippen molar-refractivity contribution >= 4 is 62.3 Å². The monoisotopic (exact) mass is 699 g/mol. The van der Waals surface area contributed by atoms with E-state index >= 15 is 0 Å². The van der Waals surface area contributed by atoms with Crippen LogP contribution in [-0.4, -0.2) is 44.3 Å². The fourth-order valence-electron chi connectivity index (χ4n) is 4.88. The molecule has 4 aromatic rings. The molecule has 1 unspecified atom stereocenters. The zero-order valence-electron chi connectivity index (χ0n) is 25.8. The molecule has 0 saturated heterocycles. The van der Waals surface area contributed by atoms with Crippen LogP contribution in [0.2, 0.25) is 15.1 Å². The van der Waals surface area contributed by atoms with Gasteiger partial charge in [-0.1, -0.05) is 97.2 Å². The average molecular weight is 701 g/mol. The van der Waals surface area contributed by atoms with E-state index in [9.17, 15) is 18.0 Å². The number of hydrogen-bond acceptors (Lipinski definition) is 4. The predicted octanol–water partition coefficient (Wildman–Crippen LogP) is 7.56. The Morgan fingerprint density at radius 1 is 0.826 bits per heavy atom. The van der Waals surface area contributed by atoms with Crippen molar-refractivity contribution in [1.29, 1.82) is 0 Å². The number of carbonyl (C=O) groups excluding carboxylic acids is 2. The molecule has 0 bridgehead atoms. The number of nitrogens with zero attached hydrogens (tertiary/aromatic N) is 2. The molecule has 0 aliphatic heterocycles. The number of hydrogen-bond donors (Lipinski definition) is 1. The van der Waals surface area contributed by atoms with E-state index in [4.69, 9.17) is 34.8 Å². The van der Waals surface area contributed by atoms with Gasteiger partial charge in [-0.25, -0.2) is 8.42 Å². The Morgan fingerprint density at radius 3 is 2.07 bits per heavy atom. The third kappa shape index (κ3) is 9.04. The largest absolute Gasteiger partial charge is 0.354 e. The lowest BCUT2D eigenvalue weighted by atomic mass is 10.0. The van der Waals surface area contributed by atoms with Crippen molar-refractivity contribution in [2.24, 2.45) is 5.92 Å². The number of nitrogens with one attached hydrogen (secondary N) is 1. The second-order valence-electron chi connectivity index (χ2n) is 11.4. The Morgan fingerprint density at radius 2 is 1.46 bits per heavy atom. The minimum atomic E-state index is -4.26. The van der Waals surface area contributed by atoms with Gasteiger partial charge in [0.05, 0.1) is 10.6 Å². The van der Waals surface area contributed by atoms with E-state index in [1.807, 2.05) is 57.2 Å². The number of amides is 2. The van der Waals surface area contributed by atoms with Gasteiger partial charge >= 0.3 is 0 Å². The van der Waals surface area contributed by atoms with Crippen molar-refractivity contribution in [2.75, 3.05) is 17.4 Å². The molecule has 4 rings (SSSR count). The minimum Gasteiger partial charge on any atom is -0.354 e. The van der Waals surface area contributed by atoms with E-state index in [0.29, 0.717) is 32.9 Å². The van der Waals surface area contributed by atoms with Gasteiger partial charge in [-0.3, -0.25) is 13.9 Å². The molecule has 0 heterocycles. The Hall–Kier alpha value is -3.56. The van der Waals surface area contributed by atoms with Crippen LogP contribution in [0.25, 0.3) is 0 Å². The molecule has 0 fully saturated rings. The van der Waals surface area contributed by atoms with Crippen LogP contribution in [0.4, 0.5) is 5.69 Å². The summed E-state index contributed by atoms with van der Waals surface area (Å²) >= 11 is 19.2. The first-order valence-electron chi connectivity index (χ1n) is 14.8. The summed E-state index contributed by atoms with van der Waals surface area (Å²) in [5.41, 5.74) is 2.36. The smallest absolute Gasteiger partial charge is 0.264 e. The summed E-state index contributed by atoms with van der Waals surface area (Å²) in [5.74, 6) is -0.836. The molecule has 0 saturated carbocycles. The van der Waals surface area contributed by atoms with Gasteiger partial charge in [0, 0.05) is 40.1 Å². The summed E-state index contributed by atoms with van der Waals surface area (Å²) in [4.78, 5) is 29.8. The number of aryl methyl sites for hydroxylation is 1. The second-order valence-corrected chi connectivity index (χ2v) is 14.5. The Labute approximate surface area is 286 Å². The maximum atomic E-state index is 14.6. The first kappa shape index (κ1) is 35.3. The van der Waals surface area contributed by atoms with E-state index in [-0.39, 0.29) is 29.7 Å². The van der Waals surface area contributed by atoms with Gasteiger partial charge in [-0.05, 0) is 72.5 Å². The van der Waals surface area contributed by atoms with Crippen LogP contribution >= 0.6 is 34.8 Å². The summed E-state index contributed by atoms with van der Waals surface area (Å²) in [5, 5.41) is 3.97. The van der Waals surface area contributed by atoms with Gasteiger partial charge in [0.25, 0.3) is 10.0 Å². The number of benzene rings is 4. The lowest BCUT2D eigenvalue weighted by Gasteiger charge is -2.34. The van der Waals surface area contributed by atoms with Gasteiger partial charge < -0.3 is 10.2 Å². The van der Waals surface area contributed by atoms with Crippen LogP contribution in [-0.2, 0) is 32.6 Å². The van der Waals surface area contributed by atoms with Crippen LogP contribution in [0.1, 0.15) is 30.5 Å². The molecule has 242 valence electrons. The Kier molecular flexibility index (Phi) is 12.1. The van der Waals surface area contributed by atoms with E-state index in [0.717, 1.165) is 15.4 Å². The van der Waals surface area contributed by atoms with Gasteiger partial charge in [0.2, 0.25) is 11.8 Å². The maximum Gasteiger partial charge on any atom is 0.264 e. The number of halogens is 3. The standard InChI is InChI=1S/C35H36Cl3N3O4S/c1-24(2)21-39-35(43)33(20-26-10-5-4-6-11-26)40(22-30-31(37)13-8-14-32(30)38)34(42)23-41(28-12-7-9-25(3)19-28)46(44,45)29-17-15-27(36)16-18-29/h4-19,24,33H,20-23H2,1-3H3,(H,39,43). The van der Waals surface area contributed by atoms with Gasteiger partial charge in [0.1, 0.15) is 12.6 Å². The highest BCUT2D eigenvalue weighted by Crippen LogP contribution is 2.29. The molecule has 0 aromatic heterocycles. The van der Waals surface area contributed by atoms with Crippen molar-refractivity contribution in [3.05, 3.63) is 129 Å². The van der Waals surface area contributed by atoms with Crippen LogP contribution in [0, 0.1) is 12.8 Å². The molecule has 0 aliphatic rings. The molecule has 11 heteroatoms. The van der Waals surface area contributed by atoms with E-state index in [1.54, 1.807) is 36.4 Å². The highest BCUT2D eigenvalue weighted by Gasteiger charge is 2.35. The summed E-state index contributed by atoms with van der Waals surface area (Å²) in [6.45, 7) is 5.44. The lowest BCUT2D eigenvalue weighted by Crippen LogP contribution is -2.53. The first-order valence-corrected chi connectivity index (χ1v) is 17.3. The summed E-state index contributed by atoms with van der Waals surface area (Å²) in [6.07, 6.45) is 0.174. The number of sulfonamides is 1. The van der Waals surface area contributed by atoms with Crippen LogP contribution in [0.3, 0.4) is 0 Å². The first-order chi connectivity index (χ1) is 21.9. The van der Waals surface area contributed by atoms with E-state index in [2.05, 4.69) is 5.32 Å². The Balaban J connectivity index is 1.83. The molecule has 0 radical (unpaired) electrons. The minimum absolute atomic E-state index is 0.0394. The third-order valence-corrected chi connectivity index (χ3v) is 10.1. The molecular weight excluding hydrogens is 665 g/mol. The lowest BCUT2D eigenvalue weighted by molar-refractivity contribution is -0.140. The zero-order chi connectivity index (χ0) is 33.4. The molecule has 0 spiro atoms. The molecular formula is C35H36Cl3N3O4S. The second kappa shape index (κ2) is 15.8. The van der Waals surface area contributed by atoms with Crippen molar-refractivity contribution in [3.8, 4) is 0 Å². The normalized spacial score (nSPS) is 12.1. The van der Waals surface area contributed by atoms with Gasteiger partial charge in [-0.15, -0.1) is 0 Å². The van der Waals surface area contributed by atoms with Gasteiger partial charge in [-0.2, -0.15) is 0 Å². The maximum absolute atomic E-state index is 14.6. The average Bonchev–Trinajstić information content (AvgIpc) is 3.02. The van der Waals surface area contributed by atoms with Crippen molar-refractivity contribution in [1.82, 2.24) is 10.2 Å². The number of rotatable bonds is 13. The molecule has 0 aliphatic carbocycles.